The minimum absolute atomic E-state index is 0.622. The van der Waals surface area contributed by atoms with Crippen LogP contribution in [0.2, 0.25) is 0 Å². The van der Waals surface area contributed by atoms with E-state index in [1.165, 1.54) is 43.7 Å². The zero-order chi connectivity index (χ0) is 41.0. The van der Waals surface area contributed by atoms with Gasteiger partial charge in [-0.15, -0.1) is 0 Å². The van der Waals surface area contributed by atoms with Crippen molar-refractivity contribution in [3.8, 4) is 67.8 Å². The van der Waals surface area contributed by atoms with Crippen molar-refractivity contribution in [2.45, 2.75) is 0 Å². The lowest BCUT2D eigenvalue weighted by Crippen LogP contribution is -2.00. The summed E-state index contributed by atoms with van der Waals surface area (Å²) in [5.74, 6) is 1.89. The van der Waals surface area contributed by atoms with Crippen molar-refractivity contribution in [1.29, 1.82) is 0 Å². The predicted molar refractivity (Wildman–Crippen MR) is 256 cm³/mol. The Morgan fingerprint density at radius 2 is 0.548 bits per heavy atom. The van der Waals surface area contributed by atoms with E-state index < -0.39 is 0 Å². The SMILES string of the molecule is c1ccc(-c2ccc(-c3ccc(-c4nc(-c5ccccc5)nc(-c5ccc(-n6c7ccccc7c7cc8c9ccccc9n(-c9ccccc9)c8cc76)cc5)n4)cc3)cc2)cc1. The van der Waals surface area contributed by atoms with Gasteiger partial charge in [0.2, 0.25) is 0 Å². The highest BCUT2D eigenvalue weighted by Crippen LogP contribution is 2.40. The van der Waals surface area contributed by atoms with Crippen molar-refractivity contribution in [2.75, 3.05) is 0 Å². The van der Waals surface area contributed by atoms with Gasteiger partial charge in [0, 0.05) is 49.6 Å². The fraction of sp³-hybridized carbons (Fsp3) is 0. The van der Waals surface area contributed by atoms with E-state index in [9.17, 15) is 0 Å². The average Bonchev–Trinajstić information content (AvgIpc) is 3.86. The Labute approximate surface area is 358 Å². The molecular weight excluding hydrogens is 755 g/mol. The van der Waals surface area contributed by atoms with Crippen LogP contribution in [0.1, 0.15) is 0 Å². The third-order valence-corrected chi connectivity index (χ3v) is 12.0. The zero-order valence-electron chi connectivity index (χ0n) is 33.6. The first-order valence-corrected chi connectivity index (χ1v) is 20.9. The molecule has 0 radical (unpaired) electrons. The molecule has 5 nitrogen and oxygen atoms in total. The minimum Gasteiger partial charge on any atom is -0.309 e. The van der Waals surface area contributed by atoms with Gasteiger partial charge >= 0.3 is 0 Å². The average molecular weight is 792 g/mol. The second-order valence-electron chi connectivity index (χ2n) is 15.7. The van der Waals surface area contributed by atoms with Crippen LogP contribution in [0.5, 0.6) is 0 Å². The molecule has 0 saturated heterocycles. The molecule has 0 aliphatic heterocycles. The van der Waals surface area contributed by atoms with Crippen LogP contribution in [0, 0.1) is 0 Å². The van der Waals surface area contributed by atoms with Gasteiger partial charge in [0.05, 0.1) is 22.1 Å². The molecule has 290 valence electrons. The summed E-state index contributed by atoms with van der Waals surface area (Å²) in [5.41, 5.74) is 14.3. The van der Waals surface area contributed by atoms with E-state index in [-0.39, 0.29) is 0 Å². The number of aromatic nitrogens is 5. The minimum atomic E-state index is 0.622. The molecule has 0 bridgehead atoms. The molecule has 0 amide bonds. The highest BCUT2D eigenvalue weighted by molar-refractivity contribution is 6.19. The highest BCUT2D eigenvalue weighted by atomic mass is 15.0. The first-order valence-electron chi connectivity index (χ1n) is 20.9. The van der Waals surface area contributed by atoms with Gasteiger partial charge < -0.3 is 9.13 Å². The molecule has 0 aliphatic rings. The first kappa shape index (κ1) is 35.5. The van der Waals surface area contributed by atoms with Gasteiger partial charge in [-0.1, -0.05) is 164 Å². The maximum absolute atomic E-state index is 5.10. The fourth-order valence-corrected chi connectivity index (χ4v) is 8.97. The Balaban J connectivity index is 0.947. The van der Waals surface area contributed by atoms with Crippen LogP contribution >= 0.6 is 0 Å². The topological polar surface area (TPSA) is 48.5 Å². The monoisotopic (exact) mass is 791 g/mol. The van der Waals surface area contributed by atoms with Crippen LogP contribution in [0.4, 0.5) is 0 Å². The summed E-state index contributed by atoms with van der Waals surface area (Å²) in [6.07, 6.45) is 0. The van der Waals surface area contributed by atoms with Gasteiger partial charge in [-0.05, 0) is 82.9 Å². The molecule has 0 unspecified atom stereocenters. The second kappa shape index (κ2) is 14.7. The Kier molecular flexibility index (Phi) is 8.42. The number of para-hydroxylation sites is 3. The van der Waals surface area contributed by atoms with Crippen molar-refractivity contribution in [3.63, 3.8) is 0 Å². The molecule has 5 heteroatoms. The van der Waals surface area contributed by atoms with Gasteiger partial charge in [0.1, 0.15) is 0 Å². The predicted octanol–water partition coefficient (Wildman–Crippen LogP) is 14.4. The molecule has 0 spiro atoms. The quantitative estimate of drug-likeness (QED) is 0.162. The Morgan fingerprint density at radius 3 is 1.02 bits per heavy atom. The standard InChI is InChI=1S/C57H37N5/c1-4-14-38(15-5-1)39-24-26-40(27-25-39)41-28-30-43(31-29-41)56-58-55(42-16-6-2-7-17-42)59-57(60-56)44-32-34-46(35-33-44)62-52-23-13-11-21-48(52)50-36-49-47-20-10-12-22-51(47)61(53(49)37-54(50)62)45-18-8-3-9-19-45/h1-37H. The maximum Gasteiger partial charge on any atom is 0.164 e. The summed E-state index contributed by atoms with van der Waals surface area (Å²) in [6, 6.07) is 79.3. The zero-order valence-corrected chi connectivity index (χ0v) is 33.6. The molecule has 3 aromatic heterocycles. The van der Waals surface area contributed by atoms with Crippen molar-refractivity contribution < 1.29 is 0 Å². The van der Waals surface area contributed by atoms with E-state index in [1.54, 1.807) is 0 Å². The van der Waals surface area contributed by atoms with Crippen LogP contribution in [0.3, 0.4) is 0 Å². The number of hydrogen-bond donors (Lipinski definition) is 0. The smallest absolute Gasteiger partial charge is 0.164 e. The number of nitrogens with zero attached hydrogens (tertiary/aromatic N) is 5. The lowest BCUT2D eigenvalue weighted by Gasteiger charge is -2.12. The van der Waals surface area contributed by atoms with E-state index >= 15 is 0 Å². The van der Waals surface area contributed by atoms with Crippen molar-refractivity contribution >= 4 is 43.6 Å². The maximum atomic E-state index is 5.10. The number of benzene rings is 9. The number of rotatable bonds is 7. The van der Waals surface area contributed by atoms with Crippen molar-refractivity contribution in [2.24, 2.45) is 0 Å². The van der Waals surface area contributed by atoms with Crippen LogP contribution in [-0.4, -0.2) is 24.1 Å². The summed E-state index contributed by atoms with van der Waals surface area (Å²) in [6.45, 7) is 0. The summed E-state index contributed by atoms with van der Waals surface area (Å²) in [5, 5.41) is 4.92. The van der Waals surface area contributed by atoms with Crippen LogP contribution in [0.25, 0.3) is 111 Å². The second-order valence-corrected chi connectivity index (χ2v) is 15.7. The summed E-state index contributed by atoms with van der Waals surface area (Å²) in [4.78, 5) is 15.2. The van der Waals surface area contributed by atoms with Gasteiger partial charge in [-0.25, -0.2) is 15.0 Å². The Bertz CT molecular complexity index is 3570. The Morgan fingerprint density at radius 1 is 0.226 bits per heavy atom. The van der Waals surface area contributed by atoms with Gasteiger partial charge in [-0.2, -0.15) is 0 Å². The lowest BCUT2D eigenvalue weighted by molar-refractivity contribution is 1.07. The molecule has 9 aromatic carbocycles. The molecule has 12 rings (SSSR count). The number of hydrogen-bond acceptors (Lipinski definition) is 3. The fourth-order valence-electron chi connectivity index (χ4n) is 8.97. The molecule has 0 N–H and O–H groups in total. The molecule has 62 heavy (non-hydrogen) atoms. The molecule has 12 aromatic rings. The van der Waals surface area contributed by atoms with Gasteiger partial charge in [0.25, 0.3) is 0 Å². The normalized spacial score (nSPS) is 11.5. The molecule has 0 aliphatic carbocycles. The van der Waals surface area contributed by atoms with Crippen LogP contribution in [0.15, 0.2) is 224 Å². The van der Waals surface area contributed by atoms with E-state index in [4.69, 9.17) is 15.0 Å². The largest absolute Gasteiger partial charge is 0.309 e. The van der Waals surface area contributed by atoms with Crippen LogP contribution in [-0.2, 0) is 0 Å². The van der Waals surface area contributed by atoms with E-state index in [1.807, 2.05) is 36.4 Å². The molecular formula is C57H37N5. The molecule has 3 heterocycles. The van der Waals surface area contributed by atoms with E-state index in [0.29, 0.717) is 17.5 Å². The summed E-state index contributed by atoms with van der Waals surface area (Å²) >= 11 is 0. The summed E-state index contributed by atoms with van der Waals surface area (Å²) < 4.78 is 4.76. The Hall–Kier alpha value is -8.41. The molecule has 0 saturated carbocycles. The molecule has 0 atom stereocenters. The third-order valence-electron chi connectivity index (χ3n) is 12.0. The van der Waals surface area contributed by atoms with Gasteiger partial charge in [0.15, 0.2) is 17.5 Å². The van der Waals surface area contributed by atoms with Gasteiger partial charge in [-0.3, -0.25) is 0 Å². The van der Waals surface area contributed by atoms with E-state index in [2.05, 4.69) is 197 Å². The molecule has 0 fully saturated rings. The summed E-state index contributed by atoms with van der Waals surface area (Å²) in [7, 11) is 0. The number of fused-ring (bicyclic) bond motifs is 6. The van der Waals surface area contributed by atoms with Crippen molar-refractivity contribution in [1.82, 2.24) is 24.1 Å². The van der Waals surface area contributed by atoms with Crippen molar-refractivity contribution in [3.05, 3.63) is 224 Å². The lowest BCUT2D eigenvalue weighted by atomic mass is 9.99. The first-order chi connectivity index (χ1) is 30.7. The highest BCUT2D eigenvalue weighted by Gasteiger charge is 2.19. The van der Waals surface area contributed by atoms with Crippen LogP contribution < -0.4 is 0 Å². The third kappa shape index (κ3) is 6.06. The van der Waals surface area contributed by atoms with E-state index in [0.717, 1.165) is 50.2 Å².